The first-order chi connectivity index (χ1) is 10.6. The first-order valence-corrected chi connectivity index (χ1v) is 18.8. The Hall–Kier alpha value is 0.411. The van der Waals surface area contributed by atoms with Crippen molar-refractivity contribution in [2.24, 2.45) is 0 Å². The molecular formula is C15H36O6Si3. The highest BCUT2D eigenvalue weighted by Gasteiger charge is 2.50. The van der Waals surface area contributed by atoms with Crippen LogP contribution in [-0.4, -0.2) is 72.5 Å². The van der Waals surface area contributed by atoms with Gasteiger partial charge in [0.1, 0.15) is 24.4 Å². The molecule has 0 unspecified atom stereocenters. The van der Waals surface area contributed by atoms with E-state index in [0.717, 1.165) is 0 Å². The Bertz CT molecular complexity index is 401. The zero-order valence-electron chi connectivity index (χ0n) is 16.6. The average Bonchev–Trinajstić information content (AvgIpc) is 2.32. The summed E-state index contributed by atoms with van der Waals surface area (Å²) < 4.78 is 24.5. The highest BCUT2D eigenvalue weighted by atomic mass is 28.4. The van der Waals surface area contributed by atoms with Gasteiger partial charge in [-0.15, -0.1) is 0 Å². The molecule has 1 aliphatic heterocycles. The minimum Gasteiger partial charge on any atom is -0.409 e. The zero-order chi connectivity index (χ0) is 18.9. The molecule has 0 spiro atoms. The summed E-state index contributed by atoms with van der Waals surface area (Å²) in [6.45, 7) is 18.5. The van der Waals surface area contributed by atoms with Crippen LogP contribution in [0.5, 0.6) is 0 Å². The van der Waals surface area contributed by atoms with Crippen LogP contribution in [0, 0.1) is 0 Å². The smallest absolute Gasteiger partial charge is 0.184 e. The van der Waals surface area contributed by atoms with Gasteiger partial charge in [-0.2, -0.15) is 0 Å². The van der Waals surface area contributed by atoms with Crippen molar-refractivity contribution in [3.63, 3.8) is 0 Å². The third-order valence-corrected chi connectivity index (χ3v) is 6.20. The fourth-order valence-electron chi connectivity index (χ4n) is 2.67. The third-order valence-electron chi connectivity index (χ3n) is 3.26. The molecule has 0 amide bonds. The maximum absolute atomic E-state index is 10.5. The highest BCUT2D eigenvalue weighted by Crippen LogP contribution is 2.32. The van der Waals surface area contributed by atoms with E-state index in [9.17, 15) is 10.2 Å². The molecular weight excluding hydrogens is 360 g/mol. The van der Waals surface area contributed by atoms with Crippen LogP contribution in [0.3, 0.4) is 0 Å². The van der Waals surface area contributed by atoms with E-state index in [-0.39, 0.29) is 6.61 Å². The van der Waals surface area contributed by atoms with E-state index >= 15 is 0 Å². The normalized spacial score (nSPS) is 32.9. The predicted octanol–water partition coefficient (Wildman–Crippen LogP) is 2.36. The molecule has 0 bridgehead atoms. The Labute approximate surface area is 149 Å². The summed E-state index contributed by atoms with van der Waals surface area (Å²) in [6, 6.07) is 0. The predicted molar refractivity (Wildman–Crippen MR) is 103 cm³/mol. The molecule has 0 aromatic heterocycles. The fraction of sp³-hybridized carbons (Fsp3) is 1.00. The van der Waals surface area contributed by atoms with Gasteiger partial charge in [0, 0.05) is 0 Å². The number of aliphatic hydroxyl groups is 2. The number of aliphatic hydroxyl groups excluding tert-OH is 2. The molecule has 1 rings (SSSR count). The lowest BCUT2D eigenvalue weighted by Gasteiger charge is -2.49. The molecule has 1 saturated heterocycles. The van der Waals surface area contributed by atoms with Gasteiger partial charge in [-0.05, 0) is 58.9 Å². The average molecular weight is 397 g/mol. The Morgan fingerprint density at radius 2 is 1.08 bits per heavy atom. The van der Waals surface area contributed by atoms with Crippen molar-refractivity contribution < 1.29 is 28.2 Å². The summed E-state index contributed by atoms with van der Waals surface area (Å²) in [5.74, 6) is 0. The van der Waals surface area contributed by atoms with Crippen molar-refractivity contribution in [2.75, 3.05) is 6.61 Å². The topological polar surface area (TPSA) is 77.4 Å². The molecule has 9 heteroatoms. The van der Waals surface area contributed by atoms with Crippen LogP contribution in [0.15, 0.2) is 0 Å². The molecule has 0 aromatic rings. The van der Waals surface area contributed by atoms with Crippen molar-refractivity contribution in [2.45, 2.75) is 89.6 Å². The van der Waals surface area contributed by atoms with E-state index in [2.05, 4.69) is 58.9 Å². The van der Waals surface area contributed by atoms with Gasteiger partial charge in [0.15, 0.2) is 31.2 Å². The minimum atomic E-state index is -1.94. The lowest BCUT2D eigenvalue weighted by atomic mass is 9.99. The quantitative estimate of drug-likeness (QED) is 0.643. The third kappa shape index (κ3) is 7.34. The first kappa shape index (κ1) is 22.5. The summed E-state index contributed by atoms with van der Waals surface area (Å²) in [5, 5.41) is 20.2. The number of hydrogen-bond donors (Lipinski definition) is 2. The monoisotopic (exact) mass is 396 g/mol. The lowest BCUT2D eigenvalue weighted by molar-refractivity contribution is -0.275. The Morgan fingerprint density at radius 1 is 0.708 bits per heavy atom. The number of ether oxygens (including phenoxy) is 1. The van der Waals surface area contributed by atoms with Crippen molar-refractivity contribution in [1.29, 1.82) is 0 Å². The lowest BCUT2D eigenvalue weighted by Crippen LogP contribution is -2.65. The maximum atomic E-state index is 10.5. The van der Waals surface area contributed by atoms with Gasteiger partial charge >= 0.3 is 0 Å². The fourth-order valence-corrected chi connectivity index (χ4v) is 5.92. The minimum absolute atomic E-state index is 0.225. The van der Waals surface area contributed by atoms with Crippen LogP contribution in [0.2, 0.25) is 58.9 Å². The maximum Gasteiger partial charge on any atom is 0.184 e. The highest BCUT2D eigenvalue weighted by molar-refractivity contribution is 6.70. The molecule has 6 nitrogen and oxygen atoms in total. The summed E-state index contributed by atoms with van der Waals surface area (Å²) >= 11 is 0. The summed E-state index contributed by atoms with van der Waals surface area (Å²) in [4.78, 5) is 0. The molecule has 0 aliphatic carbocycles. The Morgan fingerprint density at radius 3 is 1.46 bits per heavy atom. The molecule has 1 aliphatic rings. The van der Waals surface area contributed by atoms with Crippen molar-refractivity contribution in [3.8, 4) is 0 Å². The number of rotatable bonds is 7. The molecule has 0 aromatic carbocycles. The van der Waals surface area contributed by atoms with Gasteiger partial charge in [-0.3, -0.25) is 0 Å². The molecule has 144 valence electrons. The van der Waals surface area contributed by atoms with E-state index in [0.29, 0.717) is 0 Å². The van der Waals surface area contributed by atoms with Gasteiger partial charge in [-0.25, -0.2) is 0 Å². The van der Waals surface area contributed by atoms with Crippen LogP contribution in [-0.2, 0) is 18.0 Å². The van der Waals surface area contributed by atoms with E-state index in [1.807, 2.05) is 0 Å². The van der Waals surface area contributed by atoms with Gasteiger partial charge < -0.3 is 28.2 Å². The first-order valence-electron chi connectivity index (χ1n) is 8.61. The van der Waals surface area contributed by atoms with E-state index in [4.69, 9.17) is 18.0 Å². The number of hydrogen-bond acceptors (Lipinski definition) is 6. The second kappa shape index (κ2) is 7.97. The molecule has 2 N–H and O–H groups in total. The summed E-state index contributed by atoms with van der Waals surface area (Å²) in [7, 11) is -5.78. The van der Waals surface area contributed by atoms with E-state index < -0.39 is 55.7 Å². The van der Waals surface area contributed by atoms with Gasteiger partial charge in [-0.1, -0.05) is 0 Å². The second-order valence-electron chi connectivity index (χ2n) is 9.33. The molecule has 24 heavy (non-hydrogen) atoms. The van der Waals surface area contributed by atoms with E-state index in [1.54, 1.807) is 0 Å². The second-order valence-corrected chi connectivity index (χ2v) is 22.7. The largest absolute Gasteiger partial charge is 0.409 e. The molecule has 0 saturated carbocycles. The van der Waals surface area contributed by atoms with E-state index in [1.165, 1.54) is 0 Å². The summed E-state index contributed by atoms with van der Waals surface area (Å²) in [5.41, 5.74) is 0. The van der Waals surface area contributed by atoms with Crippen molar-refractivity contribution in [3.05, 3.63) is 0 Å². The Kier molecular flexibility index (Phi) is 7.46. The van der Waals surface area contributed by atoms with Gasteiger partial charge in [0.2, 0.25) is 0 Å². The van der Waals surface area contributed by atoms with Crippen molar-refractivity contribution >= 4 is 25.0 Å². The molecule has 1 fully saturated rings. The van der Waals surface area contributed by atoms with Crippen molar-refractivity contribution in [1.82, 2.24) is 0 Å². The van der Waals surface area contributed by atoms with Crippen LogP contribution in [0.1, 0.15) is 0 Å². The molecule has 0 radical (unpaired) electrons. The SMILES string of the molecule is C[Si](C)(C)O[C@@H]1[C@@H](O[Si](C)(C)C)[C@@H](O)O[C@H](CO)[C@H]1O[Si](C)(C)C. The van der Waals surface area contributed by atoms with Gasteiger partial charge in [0.05, 0.1) is 6.61 Å². The van der Waals surface area contributed by atoms with Crippen LogP contribution in [0.25, 0.3) is 0 Å². The van der Waals surface area contributed by atoms with Crippen LogP contribution >= 0.6 is 0 Å². The van der Waals surface area contributed by atoms with Crippen LogP contribution in [0.4, 0.5) is 0 Å². The van der Waals surface area contributed by atoms with Crippen LogP contribution < -0.4 is 0 Å². The Balaban J connectivity index is 3.20. The standard InChI is InChI=1S/C15H36O6Si3/c1-22(2,3)19-12-11(10-16)18-15(17)14(21-24(7,8)9)13(12)20-23(4,5)6/h11-17H,10H2,1-9H3/t11-,12-,13+,14-,15+/m1/s1. The molecule has 1 heterocycles. The van der Waals surface area contributed by atoms with Gasteiger partial charge in [0.25, 0.3) is 0 Å². The molecule has 5 atom stereocenters. The summed E-state index contributed by atoms with van der Waals surface area (Å²) in [6.07, 6.45) is -3.24. The zero-order valence-corrected chi connectivity index (χ0v) is 19.6.